The Morgan fingerprint density at radius 2 is 2.00 bits per heavy atom. The Morgan fingerprint density at radius 1 is 1.35 bits per heavy atom. The van der Waals surface area contributed by atoms with Crippen molar-refractivity contribution in [3.63, 3.8) is 0 Å². The summed E-state index contributed by atoms with van der Waals surface area (Å²) in [6, 6.07) is 6.36. The van der Waals surface area contributed by atoms with Gasteiger partial charge in [0.1, 0.15) is 6.04 Å². The van der Waals surface area contributed by atoms with E-state index in [1.807, 2.05) is 18.4 Å². The Labute approximate surface area is 121 Å². The van der Waals surface area contributed by atoms with E-state index < -0.39 is 12.0 Å². The molecule has 108 valence electrons. The van der Waals surface area contributed by atoms with Crippen LogP contribution >= 0.6 is 11.8 Å². The predicted molar refractivity (Wildman–Crippen MR) is 76.1 cm³/mol. The molecule has 5 nitrogen and oxygen atoms in total. The summed E-state index contributed by atoms with van der Waals surface area (Å²) >= 11 is 1.59. The highest BCUT2D eigenvalue weighted by Crippen LogP contribution is 2.23. The van der Waals surface area contributed by atoms with E-state index >= 15 is 0 Å². The highest BCUT2D eigenvalue weighted by atomic mass is 32.2. The number of carbonyl (C=O) groups is 2. The molecule has 1 fully saturated rings. The van der Waals surface area contributed by atoms with Crippen LogP contribution in [0.1, 0.15) is 16.8 Å². The number of methoxy groups -OCH3 is 1. The van der Waals surface area contributed by atoms with E-state index in [1.165, 1.54) is 12.0 Å². The van der Waals surface area contributed by atoms with Crippen molar-refractivity contribution in [1.82, 2.24) is 4.90 Å². The number of carbonyl (C=O) groups excluding carboxylic acids is 1. The van der Waals surface area contributed by atoms with E-state index in [2.05, 4.69) is 0 Å². The normalized spacial score (nSPS) is 22.0. The van der Waals surface area contributed by atoms with E-state index in [0.29, 0.717) is 18.5 Å². The van der Waals surface area contributed by atoms with Crippen LogP contribution in [0.3, 0.4) is 0 Å². The van der Waals surface area contributed by atoms with Crippen LogP contribution in [0.15, 0.2) is 29.2 Å². The fourth-order valence-corrected chi connectivity index (χ4v) is 2.73. The highest BCUT2D eigenvalue weighted by Gasteiger charge is 2.40. The van der Waals surface area contributed by atoms with Gasteiger partial charge in [0, 0.05) is 30.5 Å². The van der Waals surface area contributed by atoms with E-state index in [1.54, 1.807) is 23.9 Å². The van der Waals surface area contributed by atoms with Crippen LogP contribution in [0.5, 0.6) is 0 Å². The van der Waals surface area contributed by atoms with Crippen LogP contribution < -0.4 is 0 Å². The van der Waals surface area contributed by atoms with Gasteiger partial charge in [-0.2, -0.15) is 0 Å². The number of rotatable bonds is 4. The quantitative estimate of drug-likeness (QED) is 0.857. The minimum atomic E-state index is -0.987. The molecule has 1 aromatic carbocycles. The molecule has 2 atom stereocenters. The summed E-state index contributed by atoms with van der Waals surface area (Å²) in [6.07, 6.45) is 2.08. The average Bonchev–Trinajstić information content (AvgIpc) is 2.91. The first-order valence-electron chi connectivity index (χ1n) is 6.27. The topological polar surface area (TPSA) is 66.8 Å². The number of nitrogens with zero attached hydrogens (tertiary/aromatic N) is 1. The molecule has 0 aliphatic carbocycles. The fourth-order valence-electron chi connectivity index (χ4n) is 2.33. The number of hydrogen-bond donors (Lipinski definition) is 1. The number of thioether (sulfide) groups is 1. The molecule has 1 amide bonds. The molecule has 0 radical (unpaired) electrons. The lowest BCUT2D eigenvalue weighted by Crippen LogP contribution is -2.40. The molecule has 0 aromatic heterocycles. The fraction of sp³-hybridized carbons (Fsp3) is 0.429. The van der Waals surface area contributed by atoms with Crippen molar-refractivity contribution in [3.05, 3.63) is 29.8 Å². The van der Waals surface area contributed by atoms with E-state index in [0.717, 1.165) is 4.90 Å². The number of likely N-dealkylation sites (tertiary alicyclic amines) is 1. The lowest BCUT2D eigenvalue weighted by atomic mass is 10.1. The molecular formula is C14H17NO4S. The summed E-state index contributed by atoms with van der Waals surface area (Å²) < 4.78 is 5.18. The van der Waals surface area contributed by atoms with Crippen molar-refractivity contribution in [2.75, 3.05) is 19.9 Å². The molecule has 0 bridgehead atoms. The molecule has 20 heavy (non-hydrogen) atoms. The zero-order valence-corrected chi connectivity index (χ0v) is 12.2. The molecule has 1 aliphatic heterocycles. The van der Waals surface area contributed by atoms with Gasteiger partial charge in [0.15, 0.2) is 0 Å². The van der Waals surface area contributed by atoms with Crippen LogP contribution in [0.2, 0.25) is 0 Å². The van der Waals surface area contributed by atoms with E-state index in [9.17, 15) is 14.7 Å². The Balaban J connectivity index is 2.19. The van der Waals surface area contributed by atoms with Gasteiger partial charge in [-0.1, -0.05) is 0 Å². The summed E-state index contributed by atoms with van der Waals surface area (Å²) in [5.41, 5.74) is 0.505. The molecule has 1 N–H and O–H groups in total. The number of ether oxygens (including phenoxy) is 1. The second kappa shape index (κ2) is 6.28. The summed E-state index contributed by atoms with van der Waals surface area (Å²) in [6.45, 7) is 0.316. The van der Waals surface area contributed by atoms with Gasteiger partial charge in [0.2, 0.25) is 0 Å². The molecular weight excluding hydrogens is 278 g/mol. The zero-order chi connectivity index (χ0) is 14.7. The van der Waals surface area contributed by atoms with Crippen molar-refractivity contribution in [2.45, 2.75) is 23.5 Å². The molecule has 1 aromatic rings. The van der Waals surface area contributed by atoms with Crippen LogP contribution in [-0.4, -0.2) is 53.9 Å². The van der Waals surface area contributed by atoms with Crippen molar-refractivity contribution in [3.8, 4) is 0 Å². The highest BCUT2D eigenvalue weighted by molar-refractivity contribution is 7.98. The molecule has 0 spiro atoms. The van der Waals surface area contributed by atoms with Gasteiger partial charge in [-0.15, -0.1) is 11.8 Å². The lowest BCUT2D eigenvalue weighted by Gasteiger charge is -2.21. The third-order valence-electron chi connectivity index (χ3n) is 3.48. The standard InChI is InChI=1S/C14H17NO4S/c1-19-10-7-12(14(17)18)15(8-10)13(16)9-3-5-11(20-2)6-4-9/h3-6,10,12H,7-8H2,1-2H3,(H,17,18). The second-order valence-corrected chi connectivity index (χ2v) is 5.51. The van der Waals surface area contributed by atoms with Gasteiger partial charge >= 0.3 is 5.97 Å². The number of benzene rings is 1. The first-order valence-corrected chi connectivity index (χ1v) is 7.50. The zero-order valence-electron chi connectivity index (χ0n) is 11.4. The van der Waals surface area contributed by atoms with E-state index in [4.69, 9.17) is 4.74 Å². The predicted octanol–water partition coefficient (Wildman–Crippen LogP) is 1.72. The third-order valence-corrected chi connectivity index (χ3v) is 4.22. The summed E-state index contributed by atoms with van der Waals surface area (Å²) in [4.78, 5) is 26.1. The van der Waals surface area contributed by atoms with Gasteiger partial charge in [-0.3, -0.25) is 4.79 Å². The molecule has 2 rings (SSSR count). The van der Waals surface area contributed by atoms with Crippen molar-refractivity contribution >= 4 is 23.6 Å². The van der Waals surface area contributed by atoms with Gasteiger partial charge in [0.25, 0.3) is 5.91 Å². The van der Waals surface area contributed by atoms with Crippen molar-refractivity contribution in [2.24, 2.45) is 0 Å². The van der Waals surface area contributed by atoms with Gasteiger partial charge < -0.3 is 14.7 Å². The molecule has 1 saturated heterocycles. The van der Waals surface area contributed by atoms with Gasteiger partial charge in [-0.25, -0.2) is 4.79 Å². The molecule has 6 heteroatoms. The molecule has 2 unspecified atom stereocenters. The SMILES string of the molecule is COC1CC(C(=O)O)N(C(=O)c2ccc(SC)cc2)C1. The summed E-state index contributed by atoms with van der Waals surface area (Å²) in [5, 5.41) is 9.22. The Morgan fingerprint density at radius 3 is 2.50 bits per heavy atom. The average molecular weight is 295 g/mol. The Kier molecular flexibility index (Phi) is 4.67. The largest absolute Gasteiger partial charge is 0.480 e. The maximum absolute atomic E-state index is 12.4. The number of carboxylic acids is 1. The summed E-state index contributed by atoms with van der Waals surface area (Å²) in [7, 11) is 1.53. The minimum absolute atomic E-state index is 0.217. The molecule has 1 heterocycles. The Hall–Kier alpha value is -1.53. The number of hydrogen-bond acceptors (Lipinski definition) is 4. The first kappa shape index (κ1) is 14.9. The minimum Gasteiger partial charge on any atom is -0.480 e. The molecule has 0 saturated carbocycles. The van der Waals surface area contributed by atoms with Crippen LogP contribution in [0.4, 0.5) is 0 Å². The smallest absolute Gasteiger partial charge is 0.326 e. The summed E-state index contributed by atoms with van der Waals surface area (Å²) in [5.74, 6) is -1.25. The third kappa shape index (κ3) is 2.96. The van der Waals surface area contributed by atoms with Crippen LogP contribution in [0.25, 0.3) is 0 Å². The first-order chi connectivity index (χ1) is 9.56. The molecule has 1 aliphatic rings. The van der Waals surface area contributed by atoms with Crippen molar-refractivity contribution < 1.29 is 19.4 Å². The van der Waals surface area contributed by atoms with Gasteiger partial charge in [-0.05, 0) is 30.5 Å². The maximum atomic E-state index is 12.4. The van der Waals surface area contributed by atoms with Crippen LogP contribution in [0, 0.1) is 0 Å². The van der Waals surface area contributed by atoms with Crippen molar-refractivity contribution in [1.29, 1.82) is 0 Å². The number of amides is 1. The van der Waals surface area contributed by atoms with Gasteiger partial charge in [0.05, 0.1) is 6.10 Å². The monoisotopic (exact) mass is 295 g/mol. The maximum Gasteiger partial charge on any atom is 0.326 e. The Bertz CT molecular complexity index is 502. The van der Waals surface area contributed by atoms with Crippen LogP contribution in [-0.2, 0) is 9.53 Å². The second-order valence-electron chi connectivity index (χ2n) is 4.63. The number of aliphatic carboxylic acids is 1. The number of carboxylic acid groups (broad SMARTS) is 1. The van der Waals surface area contributed by atoms with E-state index in [-0.39, 0.29) is 12.0 Å². The lowest BCUT2D eigenvalue weighted by molar-refractivity contribution is -0.141.